The SMILES string of the molecule is CCCCCOc1c(OC)cc(-c2n[nH]c3c2CN(C)CC3)cc1[N+](=O)[O-]. The molecule has 1 aliphatic rings. The number of aromatic nitrogens is 2. The van der Waals surface area contributed by atoms with E-state index in [1.807, 2.05) is 0 Å². The zero-order valence-electron chi connectivity index (χ0n) is 16.1. The number of likely N-dealkylation sites (N-methyl/N-ethyl adjacent to an activating group) is 1. The highest BCUT2D eigenvalue weighted by Gasteiger charge is 2.26. The van der Waals surface area contributed by atoms with E-state index in [1.54, 1.807) is 6.07 Å². The minimum absolute atomic E-state index is 0.0956. The van der Waals surface area contributed by atoms with Gasteiger partial charge in [-0.05, 0) is 19.5 Å². The van der Waals surface area contributed by atoms with E-state index >= 15 is 0 Å². The van der Waals surface area contributed by atoms with E-state index in [9.17, 15) is 10.1 Å². The average Bonchev–Trinajstić information content (AvgIpc) is 3.07. The first-order valence-corrected chi connectivity index (χ1v) is 9.29. The van der Waals surface area contributed by atoms with Gasteiger partial charge >= 0.3 is 5.69 Å². The number of rotatable bonds is 8. The molecule has 2 aromatic rings. The Labute approximate surface area is 158 Å². The molecule has 2 heterocycles. The van der Waals surface area contributed by atoms with Gasteiger partial charge in [-0.1, -0.05) is 19.8 Å². The van der Waals surface area contributed by atoms with Gasteiger partial charge in [0.2, 0.25) is 5.75 Å². The summed E-state index contributed by atoms with van der Waals surface area (Å²) in [4.78, 5) is 13.5. The molecule has 0 amide bonds. The van der Waals surface area contributed by atoms with E-state index in [2.05, 4.69) is 29.1 Å². The Kier molecular flexibility index (Phi) is 5.95. The van der Waals surface area contributed by atoms with Gasteiger partial charge in [-0.15, -0.1) is 0 Å². The van der Waals surface area contributed by atoms with Gasteiger partial charge in [0, 0.05) is 42.4 Å². The van der Waals surface area contributed by atoms with Crippen LogP contribution in [-0.2, 0) is 13.0 Å². The van der Waals surface area contributed by atoms with E-state index in [0.717, 1.165) is 55.7 Å². The molecule has 146 valence electrons. The summed E-state index contributed by atoms with van der Waals surface area (Å²) in [5.41, 5.74) is 3.46. The van der Waals surface area contributed by atoms with Gasteiger partial charge in [0.15, 0.2) is 5.75 Å². The van der Waals surface area contributed by atoms with Crippen molar-refractivity contribution in [2.75, 3.05) is 27.3 Å². The van der Waals surface area contributed by atoms with E-state index in [1.165, 1.54) is 13.2 Å². The second-order valence-corrected chi connectivity index (χ2v) is 6.86. The molecular formula is C19H26N4O4. The Morgan fingerprint density at radius 1 is 1.37 bits per heavy atom. The molecule has 3 rings (SSSR count). The highest BCUT2D eigenvalue weighted by atomic mass is 16.6. The molecule has 0 radical (unpaired) electrons. The molecular weight excluding hydrogens is 348 g/mol. The van der Waals surface area contributed by atoms with Crippen molar-refractivity contribution in [3.05, 3.63) is 33.5 Å². The molecule has 0 unspecified atom stereocenters. The predicted octanol–water partition coefficient (Wildman–Crippen LogP) is 3.55. The van der Waals surface area contributed by atoms with Crippen molar-refractivity contribution in [3.63, 3.8) is 0 Å². The summed E-state index contributed by atoms with van der Waals surface area (Å²) in [6, 6.07) is 3.30. The second-order valence-electron chi connectivity index (χ2n) is 6.86. The van der Waals surface area contributed by atoms with Crippen LogP contribution >= 0.6 is 0 Å². The number of hydrogen-bond acceptors (Lipinski definition) is 6. The maximum absolute atomic E-state index is 11.7. The van der Waals surface area contributed by atoms with Crippen LogP contribution in [0, 0.1) is 10.1 Å². The smallest absolute Gasteiger partial charge is 0.315 e. The summed E-state index contributed by atoms with van der Waals surface area (Å²) in [6.45, 7) is 4.24. The molecule has 8 nitrogen and oxygen atoms in total. The third-order valence-electron chi connectivity index (χ3n) is 4.84. The van der Waals surface area contributed by atoms with Gasteiger partial charge < -0.3 is 14.4 Å². The van der Waals surface area contributed by atoms with Gasteiger partial charge in [0.25, 0.3) is 0 Å². The monoisotopic (exact) mass is 374 g/mol. The number of ether oxygens (including phenoxy) is 2. The Morgan fingerprint density at radius 2 is 2.19 bits per heavy atom. The third kappa shape index (κ3) is 4.05. The topological polar surface area (TPSA) is 93.5 Å². The van der Waals surface area contributed by atoms with Crippen LogP contribution in [0.1, 0.15) is 37.4 Å². The van der Waals surface area contributed by atoms with Crippen LogP contribution in [0.15, 0.2) is 12.1 Å². The van der Waals surface area contributed by atoms with Crippen molar-refractivity contribution >= 4 is 5.69 Å². The van der Waals surface area contributed by atoms with Crippen molar-refractivity contribution in [2.24, 2.45) is 0 Å². The Bertz CT molecular complexity index is 818. The standard InChI is InChI=1S/C19H26N4O4/c1-4-5-6-9-27-19-16(23(24)25)10-13(11-17(19)26-3)18-14-12-22(2)8-7-15(14)20-21-18/h10-11H,4-9,12H2,1-3H3,(H,20,21). The maximum atomic E-state index is 11.7. The molecule has 0 saturated heterocycles. The Morgan fingerprint density at radius 3 is 2.89 bits per heavy atom. The number of nitrogens with one attached hydrogen (secondary N) is 1. The average molecular weight is 374 g/mol. The molecule has 0 aliphatic carbocycles. The second kappa shape index (κ2) is 8.39. The lowest BCUT2D eigenvalue weighted by Gasteiger charge is -2.22. The minimum Gasteiger partial charge on any atom is -0.493 e. The van der Waals surface area contributed by atoms with Crippen molar-refractivity contribution in [3.8, 4) is 22.8 Å². The normalized spacial score (nSPS) is 14.0. The third-order valence-corrected chi connectivity index (χ3v) is 4.84. The molecule has 0 fully saturated rings. The summed E-state index contributed by atoms with van der Waals surface area (Å²) < 4.78 is 11.1. The molecule has 8 heteroatoms. The van der Waals surface area contributed by atoms with Crippen molar-refractivity contribution in [1.82, 2.24) is 15.1 Å². The number of nitro benzene ring substituents is 1. The first-order valence-electron chi connectivity index (χ1n) is 9.29. The van der Waals surface area contributed by atoms with Crippen molar-refractivity contribution < 1.29 is 14.4 Å². The summed E-state index contributed by atoms with van der Waals surface area (Å²) in [7, 11) is 3.55. The van der Waals surface area contributed by atoms with Gasteiger partial charge in [0.05, 0.1) is 24.3 Å². The molecule has 0 atom stereocenters. The van der Waals surface area contributed by atoms with E-state index in [4.69, 9.17) is 9.47 Å². The zero-order chi connectivity index (χ0) is 19.4. The van der Waals surface area contributed by atoms with Gasteiger partial charge in [0.1, 0.15) is 0 Å². The molecule has 27 heavy (non-hydrogen) atoms. The van der Waals surface area contributed by atoms with Crippen molar-refractivity contribution in [1.29, 1.82) is 0 Å². The summed E-state index contributed by atoms with van der Waals surface area (Å²) in [5.74, 6) is 0.542. The fourth-order valence-electron chi connectivity index (χ4n) is 3.35. The number of H-pyrrole nitrogens is 1. The lowest BCUT2D eigenvalue weighted by Crippen LogP contribution is -2.26. The lowest BCUT2D eigenvalue weighted by atomic mass is 10.0. The van der Waals surface area contributed by atoms with E-state index in [0.29, 0.717) is 17.9 Å². The van der Waals surface area contributed by atoms with Crippen LogP contribution < -0.4 is 9.47 Å². The molecule has 1 aromatic heterocycles. The summed E-state index contributed by atoms with van der Waals surface area (Å²) in [6.07, 6.45) is 3.80. The summed E-state index contributed by atoms with van der Waals surface area (Å²) in [5, 5.41) is 19.2. The highest BCUT2D eigenvalue weighted by Crippen LogP contribution is 2.42. The number of methoxy groups -OCH3 is 1. The van der Waals surface area contributed by atoms with Crippen LogP contribution in [-0.4, -0.2) is 47.3 Å². The number of hydrogen-bond donors (Lipinski definition) is 1. The highest BCUT2D eigenvalue weighted by molar-refractivity contribution is 5.73. The molecule has 1 aromatic carbocycles. The number of aromatic amines is 1. The number of unbranched alkanes of at least 4 members (excludes halogenated alkanes) is 2. The van der Waals surface area contributed by atoms with Gasteiger partial charge in [-0.25, -0.2) is 0 Å². The molecule has 0 spiro atoms. The number of nitro groups is 1. The number of benzene rings is 1. The molecule has 0 bridgehead atoms. The van der Waals surface area contributed by atoms with Gasteiger partial charge in [-0.2, -0.15) is 5.10 Å². The fourth-order valence-corrected chi connectivity index (χ4v) is 3.35. The van der Waals surface area contributed by atoms with Crippen molar-refractivity contribution in [2.45, 2.75) is 39.2 Å². The largest absolute Gasteiger partial charge is 0.493 e. The van der Waals surface area contributed by atoms with Crippen LogP contribution in [0.25, 0.3) is 11.3 Å². The van der Waals surface area contributed by atoms with E-state index < -0.39 is 4.92 Å². The van der Waals surface area contributed by atoms with Crippen LogP contribution in [0.2, 0.25) is 0 Å². The zero-order valence-corrected chi connectivity index (χ0v) is 16.1. The quantitative estimate of drug-likeness (QED) is 0.431. The molecule has 1 aliphatic heterocycles. The minimum atomic E-state index is -0.424. The van der Waals surface area contributed by atoms with Gasteiger partial charge in [-0.3, -0.25) is 15.2 Å². The first-order chi connectivity index (χ1) is 13.0. The number of nitrogens with zero attached hydrogens (tertiary/aromatic N) is 3. The van der Waals surface area contributed by atoms with Crippen LogP contribution in [0.5, 0.6) is 11.5 Å². The summed E-state index contributed by atoms with van der Waals surface area (Å²) >= 11 is 0. The molecule has 0 saturated carbocycles. The Hall–Kier alpha value is -2.61. The van der Waals surface area contributed by atoms with E-state index in [-0.39, 0.29) is 11.4 Å². The lowest BCUT2D eigenvalue weighted by molar-refractivity contribution is -0.385. The van der Waals surface area contributed by atoms with Crippen LogP contribution in [0.4, 0.5) is 5.69 Å². The predicted molar refractivity (Wildman–Crippen MR) is 102 cm³/mol. The van der Waals surface area contributed by atoms with Crippen LogP contribution in [0.3, 0.4) is 0 Å². The fraction of sp³-hybridized carbons (Fsp3) is 0.526. The first kappa shape index (κ1) is 19.2. The number of fused-ring (bicyclic) bond motifs is 1. The maximum Gasteiger partial charge on any atom is 0.315 e. The molecule has 1 N–H and O–H groups in total. The Balaban J connectivity index is 1.99.